The van der Waals surface area contributed by atoms with E-state index in [4.69, 9.17) is 19.9 Å². The average Bonchev–Trinajstić information content (AvgIpc) is 3.87. The van der Waals surface area contributed by atoms with Gasteiger partial charge in [-0.1, -0.05) is 158 Å². The standard InChI is InChI=1S/C52H30N4S2/c1-3-13-31(14-4-1)47-42-28-27-40-39-22-12-21-36(48(39)58-49(40)46(42)41-20-7-9-23-43(41)53-47)33-17-11-18-34(29-33)51-54-50(32-15-5-2-6-16-32)55-52(56-51)35-25-26-38-37-19-8-10-24-44(37)57-45(38)30-35/h1-30H. The molecule has 0 spiro atoms. The molecule has 6 heteroatoms. The second kappa shape index (κ2) is 13.2. The van der Waals surface area contributed by atoms with Crippen LogP contribution in [0.4, 0.5) is 0 Å². The van der Waals surface area contributed by atoms with Gasteiger partial charge in [0.05, 0.1) is 11.2 Å². The van der Waals surface area contributed by atoms with Crippen LogP contribution in [0.1, 0.15) is 0 Å². The highest BCUT2D eigenvalue weighted by Gasteiger charge is 2.19. The number of benzene rings is 8. The number of hydrogen-bond acceptors (Lipinski definition) is 6. The molecule has 4 nitrogen and oxygen atoms in total. The molecular formula is C52H30N4S2. The van der Waals surface area contributed by atoms with E-state index in [0.717, 1.165) is 39.0 Å². The van der Waals surface area contributed by atoms with Gasteiger partial charge in [-0.25, -0.2) is 19.9 Å². The fourth-order valence-corrected chi connectivity index (χ4v) is 10.9. The lowest BCUT2D eigenvalue weighted by atomic mass is 9.97. The highest BCUT2D eigenvalue weighted by Crippen LogP contribution is 2.46. The lowest BCUT2D eigenvalue weighted by molar-refractivity contribution is 1.07. The van der Waals surface area contributed by atoms with E-state index >= 15 is 0 Å². The first-order valence-electron chi connectivity index (χ1n) is 19.3. The van der Waals surface area contributed by atoms with Gasteiger partial charge >= 0.3 is 0 Å². The molecule has 4 heterocycles. The molecule has 0 aliphatic rings. The first-order valence-corrected chi connectivity index (χ1v) is 20.9. The Labute approximate surface area is 341 Å². The van der Waals surface area contributed by atoms with Crippen molar-refractivity contribution in [2.24, 2.45) is 0 Å². The Hall–Kier alpha value is -7.12. The summed E-state index contributed by atoms with van der Waals surface area (Å²) in [4.78, 5) is 20.5. The predicted octanol–water partition coefficient (Wildman–Crippen LogP) is 14.6. The Morgan fingerprint density at radius 1 is 0.310 bits per heavy atom. The van der Waals surface area contributed by atoms with Gasteiger partial charge in [0.25, 0.3) is 0 Å². The minimum Gasteiger partial charge on any atom is -0.247 e. The molecular weight excluding hydrogens is 745 g/mol. The molecule has 0 unspecified atom stereocenters. The van der Waals surface area contributed by atoms with Crippen molar-refractivity contribution in [3.8, 4) is 56.5 Å². The van der Waals surface area contributed by atoms with Gasteiger partial charge in [-0.2, -0.15) is 0 Å². The monoisotopic (exact) mass is 774 g/mol. The Morgan fingerprint density at radius 2 is 0.879 bits per heavy atom. The molecule has 270 valence electrons. The van der Waals surface area contributed by atoms with Crippen LogP contribution in [0, 0.1) is 0 Å². The molecule has 0 amide bonds. The van der Waals surface area contributed by atoms with Crippen molar-refractivity contribution in [3.63, 3.8) is 0 Å². The third-order valence-corrected chi connectivity index (χ3v) is 13.5. The lowest BCUT2D eigenvalue weighted by Gasteiger charge is -2.11. The van der Waals surface area contributed by atoms with Crippen molar-refractivity contribution in [2.45, 2.75) is 0 Å². The van der Waals surface area contributed by atoms with Crippen molar-refractivity contribution >= 4 is 84.7 Å². The van der Waals surface area contributed by atoms with E-state index in [0.29, 0.717) is 17.5 Å². The number of nitrogens with zero attached hydrogens (tertiary/aromatic N) is 4. The van der Waals surface area contributed by atoms with Crippen molar-refractivity contribution < 1.29 is 0 Å². The molecule has 8 aromatic carbocycles. The Balaban J connectivity index is 1.03. The molecule has 0 N–H and O–H groups in total. The molecule has 0 radical (unpaired) electrons. The minimum absolute atomic E-state index is 0.643. The summed E-state index contributed by atoms with van der Waals surface area (Å²) in [6, 6.07) is 64.3. The van der Waals surface area contributed by atoms with E-state index < -0.39 is 0 Å². The van der Waals surface area contributed by atoms with Crippen molar-refractivity contribution in [2.75, 3.05) is 0 Å². The molecule has 4 aromatic heterocycles. The zero-order chi connectivity index (χ0) is 38.2. The van der Waals surface area contributed by atoms with Crippen LogP contribution in [0.2, 0.25) is 0 Å². The fourth-order valence-electron chi connectivity index (χ4n) is 8.37. The third kappa shape index (κ3) is 5.34. The SMILES string of the molecule is c1ccc(-c2nc(-c3cccc(-c4cccc5c4sc4c5ccc5c(-c6ccccc6)nc6ccccc6c54)c3)nc(-c3ccc4c(c3)sc3ccccc34)n2)cc1. The second-order valence-electron chi connectivity index (χ2n) is 14.6. The summed E-state index contributed by atoms with van der Waals surface area (Å²) < 4.78 is 5.02. The van der Waals surface area contributed by atoms with Gasteiger partial charge in [-0.05, 0) is 35.4 Å². The number of rotatable bonds is 5. The summed E-state index contributed by atoms with van der Waals surface area (Å²) in [6.45, 7) is 0. The van der Waals surface area contributed by atoms with Crippen LogP contribution < -0.4 is 0 Å². The maximum absolute atomic E-state index is 5.20. The zero-order valence-corrected chi connectivity index (χ0v) is 32.6. The summed E-state index contributed by atoms with van der Waals surface area (Å²) in [6.07, 6.45) is 0. The van der Waals surface area contributed by atoms with E-state index in [1.54, 1.807) is 11.3 Å². The van der Waals surface area contributed by atoms with Gasteiger partial charge in [0.1, 0.15) is 0 Å². The van der Waals surface area contributed by atoms with Crippen molar-refractivity contribution in [3.05, 3.63) is 182 Å². The zero-order valence-electron chi connectivity index (χ0n) is 30.9. The second-order valence-corrected chi connectivity index (χ2v) is 16.7. The maximum Gasteiger partial charge on any atom is 0.164 e. The smallest absolute Gasteiger partial charge is 0.164 e. The molecule has 0 bridgehead atoms. The van der Waals surface area contributed by atoms with Gasteiger partial charge in [0, 0.05) is 78.8 Å². The number of fused-ring (bicyclic) bond motifs is 10. The van der Waals surface area contributed by atoms with E-state index in [1.165, 1.54) is 62.1 Å². The molecule has 12 aromatic rings. The van der Waals surface area contributed by atoms with Crippen molar-refractivity contribution in [1.29, 1.82) is 0 Å². The number of aromatic nitrogens is 4. The predicted molar refractivity (Wildman–Crippen MR) is 246 cm³/mol. The molecule has 0 atom stereocenters. The summed E-state index contributed by atoms with van der Waals surface area (Å²) in [5.74, 6) is 1.95. The molecule has 12 rings (SSSR count). The molecule has 58 heavy (non-hydrogen) atoms. The Bertz CT molecular complexity index is 3570. The highest BCUT2D eigenvalue weighted by atomic mass is 32.1. The number of hydrogen-bond donors (Lipinski definition) is 0. The summed E-state index contributed by atoms with van der Waals surface area (Å²) in [5.41, 5.74) is 8.29. The van der Waals surface area contributed by atoms with Crippen LogP contribution in [0.3, 0.4) is 0 Å². The third-order valence-electron chi connectivity index (χ3n) is 11.1. The molecule has 0 aliphatic carbocycles. The van der Waals surface area contributed by atoms with Crippen LogP contribution in [0.15, 0.2) is 182 Å². The van der Waals surface area contributed by atoms with E-state index in [9.17, 15) is 0 Å². The number of thiophene rings is 2. The van der Waals surface area contributed by atoms with Gasteiger partial charge in [0.2, 0.25) is 0 Å². The first-order chi connectivity index (χ1) is 28.7. The largest absolute Gasteiger partial charge is 0.247 e. The Morgan fingerprint density at radius 3 is 1.71 bits per heavy atom. The Kier molecular flexibility index (Phi) is 7.55. The highest BCUT2D eigenvalue weighted by molar-refractivity contribution is 7.27. The summed E-state index contributed by atoms with van der Waals surface area (Å²) in [5, 5.41) is 8.62. The van der Waals surface area contributed by atoms with Gasteiger partial charge in [-0.3, -0.25) is 0 Å². The summed E-state index contributed by atoms with van der Waals surface area (Å²) >= 11 is 3.67. The lowest BCUT2D eigenvalue weighted by Crippen LogP contribution is -2.00. The quantitative estimate of drug-likeness (QED) is 0.163. The first kappa shape index (κ1) is 33.1. The maximum atomic E-state index is 5.20. The number of pyridine rings is 1. The molecule has 0 aliphatic heterocycles. The topological polar surface area (TPSA) is 51.6 Å². The van der Waals surface area contributed by atoms with Crippen LogP contribution in [-0.2, 0) is 0 Å². The van der Waals surface area contributed by atoms with Crippen LogP contribution in [0.25, 0.3) is 119 Å². The van der Waals surface area contributed by atoms with Crippen molar-refractivity contribution in [1.82, 2.24) is 19.9 Å². The average molecular weight is 775 g/mol. The fraction of sp³-hybridized carbons (Fsp3) is 0. The molecule has 0 saturated carbocycles. The number of para-hydroxylation sites is 1. The van der Waals surface area contributed by atoms with Gasteiger partial charge in [0.15, 0.2) is 17.5 Å². The minimum atomic E-state index is 0.643. The molecule has 0 fully saturated rings. The summed E-state index contributed by atoms with van der Waals surface area (Å²) in [7, 11) is 0. The normalized spacial score (nSPS) is 11.8. The van der Waals surface area contributed by atoms with Gasteiger partial charge < -0.3 is 0 Å². The van der Waals surface area contributed by atoms with Crippen LogP contribution in [0.5, 0.6) is 0 Å². The van der Waals surface area contributed by atoms with Gasteiger partial charge in [-0.15, -0.1) is 22.7 Å². The molecule has 0 saturated heterocycles. The van der Waals surface area contributed by atoms with E-state index in [1.807, 2.05) is 29.5 Å². The van der Waals surface area contributed by atoms with Crippen LogP contribution >= 0.6 is 22.7 Å². The van der Waals surface area contributed by atoms with E-state index in [2.05, 4.69) is 164 Å². The van der Waals surface area contributed by atoms with E-state index in [-0.39, 0.29) is 0 Å². The van der Waals surface area contributed by atoms with Crippen LogP contribution in [-0.4, -0.2) is 19.9 Å².